The number of carbonyl (C=O) groups excluding carboxylic acids is 2. The minimum atomic E-state index is -0.102. The monoisotopic (exact) mass is 386 g/mol. The van der Waals surface area contributed by atoms with Gasteiger partial charge >= 0.3 is 0 Å². The Hall–Kier alpha value is -2.53. The molecule has 0 radical (unpaired) electrons. The number of rotatable bonds is 4. The number of benzene rings is 2. The molecule has 5 nitrogen and oxygen atoms in total. The van der Waals surface area contributed by atoms with E-state index in [9.17, 15) is 9.59 Å². The number of likely N-dealkylation sites (tertiary alicyclic amines) is 1. The second-order valence-electron chi connectivity index (χ2n) is 6.75. The first kappa shape index (κ1) is 19.2. The van der Waals surface area contributed by atoms with Crippen LogP contribution in [-0.4, -0.2) is 36.9 Å². The predicted molar refractivity (Wildman–Crippen MR) is 106 cm³/mol. The number of halogens is 1. The highest BCUT2D eigenvalue weighted by atomic mass is 35.5. The maximum atomic E-state index is 12.7. The zero-order valence-electron chi connectivity index (χ0n) is 15.5. The highest BCUT2D eigenvalue weighted by Gasteiger charge is 2.28. The fourth-order valence-electron chi connectivity index (χ4n) is 3.29. The summed E-state index contributed by atoms with van der Waals surface area (Å²) in [5.74, 6) is 0.526. The normalized spacial score (nSPS) is 14.7. The Morgan fingerprint density at radius 1 is 1.15 bits per heavy atom. The third kappa shape index (κ3) is 4.61. The summed E-state index contributed by atoms with van der Waals surface area (Å²) >= 11 is 5.96. The number of anilines is 1. The van der Waals surface area contributed by atoms with Gasteiger partial charge < -0.3 is 15.0 Å². The smallest absolute Gasteiger partial charge is 0.253 e. The molecule has 2 aromatic rings. The highest BCUT2D eigenvalue weighted by Crippen LogP contribution is 2.24. The lowest BCUT2D eigenvalue weighted by molar-refractivity contribution is -0.121. The van der Waals surface area contributed by atoms with E-state index in [1.807, 2.05) is 25.1 Å². The molecule has 0 unspecified atom stereocenters. The van der Waals surface area contributed by atoms with Crippen molar-refractivity contribution in [2.45, 2.75) is 19.8 Å². The van der Waals surface area contributed by atoms with Crippen LogP contribution < -0.4 is 10.1 Å². The average molecular weight is 387 g/mol. The third-order valence-corrected chi connectivity index (χ3v) is 5.15. The van der Waals surface area contributed by atoms with Crippen LogP contribution in [0.3, 0.4) is 0 Å². The van der Waals surface area contributed by atoms with Gasteiger partial charge in [0.05, 0.1) is 7.11 Å². The summed E-state index contributed by atoms with van der Waals surface area (Å²) in [6.07, 6.45) is 1.29. The summed E-state index contributed by atoms with van der Waals surface area (Å²) in [7, 11) is 1.58. The first-order valence-corrected chi connectivity index (χ1v) is 9.36. The van der Waals surface area contributed by atoms with Crippen molar-refractivity contribution >= 4 is 29.1 Å². The van der Waals surface area contributed by atoms with Crippen molar-refractivity contribution < 1.29 is 14.3 Å². The van der Waals surface area contributed by atoms with Crippen LogP contribution in [0, 0.1) is 12.8 Å². The molecule has 1 fully saturated rings. The van der Waals surface area contributed by atoms with E-state index in [2.05, 4.69) is 5.32 Å². The van der Waals surface area contributed by atoms with E-state index in [-0.39, 0.29) is 17.7 Å². The van der Waals surface area contributed by atoms with Gasteiger partial charge in [-0.1, -0.05) is 17.7 Å². The maximum absolute atomic E-state index is 12.7. The number of amides is 2. The molecule has 6 heteroatoms. The molecule has 27 heavy (non-hydrogen) atoms. The lowest BCUT2D eigenvalue weighted by atomic mass is 9.95. The summed E-state index contributed by atoms with van der Waals surface area (Å²) in [4.78, 5) is 27.0. The SMILES string of the molecule is COc1cccc(C(=O)N2CCC(C(=O)Nc3ccc(Cl)cc3C)CC2)c1. The summed E-state index contributed by atoms with van der Waals surface area (Å²) in [5.41, 5.74) is 2.31. The van der Waals surface area contributed by atoms with Crippen molar-refractivity contribution in [3.8, 4) is 5.75 Å². The van der Waals surface area contributed by atoms with Gasteiger partial charge in [-0.25, -0.2) is 0 Å². The molecule has 1 saturated heterocycles. The number of piperidine rings is 1. The van der Waals surface area contributed by atoms with Gasteiger partial charge in [0, 0.05) is 35.3 Å². The Morgan fingerprint density at radius 3 is 2.56 bits per heavy atom. The Morgan fingerprint density at radius 2 is 1.89 bits per heavy atom. The number of ether oxygens (including phenoxy) is 1. The molecule has 0 saturated carbocycles. The van der Waals surface area contributed by atoms with Crippen LogP contribution in [0.15, 0.2) is 42.5 Å². The fraction of sp³-hybridized carbons (Fsp3) is 0.333. The molecule has 0 aromatic heterocycles. The molecule has 1 aliphatic heterocycles. The van der Waals surface area contributed by atoms with E-state index < -0.39 is 0 Å². The number of carbonyl (C=O) groups is 2. The molecule has 0 aliphatic carbocycles. The van der Waals surface area contributed by atoms with Crippen molar-refractivity contribution in [2.24, 2.45) is 5.92 Å². The number of aryl methyl sites for hydroxylation is 1. The molecule has 2 amide bonds. The number of nitrogens with zero attached hydrogens (tertiary/aromatic N) is 1. The highest BCUT2D eigenvalue weighted by molar-refractivity contribution is 6.30. The second-order valence-corrected chi connectivity index (χ2v) is 7.18. The van der Waals surface area contributed by atoms with Crippen molar-refractivity contribution in [3.05, 3.63) is 58.6 Å². The van der Waals surface area contributed by atoms with E-state index in [0.717, 1.165) is 11.3 Å². The van der Waals surface area contributed by atoms with Gasteiger partial charge in [-0.05, 0) is 61.7 Å². The molecular formula is C21H23ClN2O3. The van der Waals surface area contributed by atoms with Crippen LogP contribution >= 0.6 is 11.6 Å². The fourth-order valence-corrected chi connectivity index (χ4v) is 3.51. The van der Waals surface area contributed by atoms with Crippen LogP contribution in [0.1, 0.15) is 28.8 Å². The van der Waals surface area contributed by atoms with Crippen molar-refractivity contribution in [3.63, 3.8) is 0 Å². The van der Waals surface area contributed by atoms with Gasteiger partial charge in [0.1, 0.15) is 5.75 Å². The lowest BCUT2D eigenvalue weighted by Gasteiger charge is -2.31. The van der Waals surface area contributed by atoms with E-state index in [1.165, 1.54) is 0 Å². The zero-order chi connectivity index (χ0) is 19.4. The van der Waals surface area contributed by atoms with Crippen molar-refractivity contribution in [2.75, 3.05) is 25.5 Å². The lowest BCUT2D eigenvalue weighted by Crippen LogP contribution is -2.41. The number of hydrogen-bond donors (Lipinski definition) is 1. The molecule has 142 valence electrons. The summed E-state index contributed by atoms with van der Waals surface area (Å²) in [5, 5.41) is 3.63. The Labute approximate surface area is 164 Å². The van der Waals surface area contributed by atoms with Gasteiger partial charge in [-0.3, -0.25) is 9.59 Å². The summed E-state index contributed by atoms with van der Waals surface area (Å²) < 4.78 is 5.18. The zero-order valence-corrected chi connectivity index (χ0v) is 16.3. The second kappa shape index (κ2) is 8.44. The van der Waals surface area contributed by atoms with Crippen molar-refractivity contribution in [1.82, 2.24) is 4.90 Å². The van der Waals surface area contributed by atoms with Gasteiger partial charge in [0.15, 0.2) is 0 Å². The van der Waals surface area contributed by atoms with Crippen LogP contribution in [0.4, 0.5) is 5.69 Å². The van der Waals surface area contributed by atoms with Crippen LogP contribution in [0.25, 0.3) is 0 Å². The maximum Gasteiger partial charge on any atom is 0.253 e. The molecule has 2 aromatic carbocycles. The van der Waals surface area contributed by atoms with Gasteiger partial charge in [-0.15, -0.1) is 0 Å². The van der Waals surface area contributed by atoms with Crippen LogP contribution in [0.5, 0.6) is 5.75 Å². The summed E-state index contributed by atoms with van der Waals surface area (Å²) in [6.45, 7) is 3.04. The first-order chi connectivity index (χ1) is 13.0. The predicted octanol–water partition coefficient (Wildman–Crippen LogP) is 4.15. The molecule has 0 spiro atoms. The third-order valence-electron chi connectivity index (χ3n) is 4.92. The molecule has 0 atom stereocenters. The number of hydrogen-bond acceptors (Lipinski definition) is 3. The molecule has 1 heterocycles. The summed E-state index contributed by atoms with van der Waals surface area (Å²) in [6, 6.07) is 12.5. The van der Waals surface area contributed by atoms with Gasteiger partial charge in [0.2, 0.25) is 5.91 Å². The minimum absolute atomic E-state index is 0.00565. The topological polar surface area (TPSA) is 58.6 Å². The Bertz CT molecular complexity index is 845. The van der Waals surface area contributed by atoms with Gasteiger partial charge in [0.25, 0.3) is 5.91 Å². The minimum Gasteiger partial charge on any atom is -0.497 e. The Balaban J connectivity index is 1.57. The molecular weight excluding hydrogens is 364 g/mol. The quantitative estimate of drug-likeness (QED) is 0.858. The standard InChI is InChI=1S/C21H23ClN2O3/c1-14-12-17(22)6-7-19(14)23-20(25)15-8-10-24(11-9-15)21(26)16-4-3-5-18(13-16)27-2/h3-7,12-13,15H,8-11H2,1-2H3,(H,23,25). The largest absolute Gasteiger partial charge is 0.497 e. The first-order valence-electron chi connectivity index (χ1n) is 8.98. The van der Waals surface area contributed by atoms with Crippen LogP contribution in [0.2, 0.25) is 5.02 Å². The van der Waals surface area contributed by atoms with E-state index in [0.29, 0.717) is 42.3 Å². The number of methoxy groups -OCH3 is 1. The van der Waals surface area contributed by atoms with Gasteiger partial charge in [-0.2, -0.15) is 0 Å². The molecule has 3 rings (SSSR count). The van der Waals surface area contributed by atoms with E-state index in [1.54, 1.807) is 36.3 Å². The molecule has 1 aliphatic rings. The Kier molecular flexibility index (Phi) is 6.01. The molecule has 1 N–H and O–H groups in total. The van der Waals surface area contributed by atoms with Crippen molar-refractivity contribution in [1.29, 1.82) is 0 Å². The average Bonchev–Trinajstić information content (AvgIpc) is 2.69. The van der Waals surface area contributed by atoms with Crippen LogP contribution in [-0.2, 0) is 4.79 Å². The number of nitrogens with one attached hydrogen (secondary N) is 1. The molecule has 0 bridgehead atoms. The van der Waals surface area contributed by atoms with E-state index >= 15 is 0 Å². The van der Waals surface area contributed by atoms with E-state index in [4.69, 9.17) is 16.3 Å².